The minimum atomic E-state index is -0.166. The Kier molecular flexibility index (Phi) is 3.56. The van der Waals surface area contributed by atoms with Crippen molar-refractivity contribution in [2.24, 2.45) is 5.73 Å². The highest BCUT2D eigenvalue weighted by Crippen LogP contribution is 2.24. The highest BCUT2D eigenvalue weighted by molar-refractivity contribution is 5.77. The lowest BCUT2D eigenvalue weighted by Crippen LogP contribution is -2.16. The zero-order chi connectivity index (χ0) is 13.9. The van der Waals surface area contributed by atoms with Crippen LogP contribution in [0.3, 0.4) is 0 Å². The summed E-state index contributed by atoms with van der Waals surface area (Å²) in [5.74, 6) is 1.83. The van der Waals surface area contributed by atoms with E-state index in [1.54, 1.807) is 0 Å². The zero-order valence-electron chi connectivity index (χ0n) is 11.6. The number of imidazole rings is 1. The van der Waals surface area contributed by atoms with E-state index in [0.29, 0.717) is 6.42 Å². The SMILES string of the molecule is CCCn1ccnc1CC(N)c1cc2ccccc2o1. The zero-order valence-corrected chi connectivity index (χ0v) is 11.6. The average Bonchev–Trinajstić information content (AvgIpc) is 3.06. The normalized spacial score (nSPS) is 12.9. The third-order valence-electron chi connectivity index (χ3n) is 3.48. The number of hydrogen-bond donors (Lipinski definition) is 1. The Morgan fingerprint density at radius 3 is 3.00 bits per heavy atom. The molecule has 104 valence electrons. The smallest absolute Gasteiger partial charge is 0.134 e. The van der Waals surface area contributed by atoms with Gasteiger partial charge >= 0.3 is 0 Å². The molecule has 0 amide bonds. The molecular formula is C16H19N3O. The van der Waals surface area contributed by atoms with Gasteiger partial charge in [-0.1, -0.05) is 25.1 Å². The molecule has 20 heavy (non-hydrogen) atoms. The maximum Gasteiger partial charge on any atom is 0.134 e. The van der Waals surface area contributed by atoms with Crippen LogP contribution in [-0.4, -0.2) is 9.55 Å². The summed E-state index contributed by atoms with van der Waals surface area (Å²) < 4.78 is 7.97. The number of nitrogens with two attached hydrogens (primary N) is 1. The standard InChI is InChI=1S/C16H19N3O/c1-2-8-19-9-7-18-16(19)11-13(17)15-10-12-5-3-4-6-14(12)20-15/h3-7,9-10,13H,2,8,11,17H2,1H3. The lowest BCUT2D eigenvalue weighted by atomic mass is 10.1. The summed E-state index contributed by atoms with van der Waals surface area (Å²) in [7, 11) is 0. The van der Waals surface area contributed by atoms with Crippen molar-refractivity contribution in [1.82, 2.24) is 9.55 Å². The summed E-state index contributed by atoms with van der Waals surface area (Å²) in [6.45, 7) is 3.13. The fourth-order valence-electron chi connectivity index (χ4n) is 2.46. The first-order valence-corrected chi connectivity index (χ1v) is 7.02. The van der Waals surface area contributed by atoms with Gasteiger partial charge in [-0.15, -0.1) is 0 Å². The maximum absolute atomic E-state index is 6.27. The van der Waals surface area contributed by atoms with E-state index in [0.717, 1.165) is 35.5 Å². The average molecular weight is 269 g/mol. The number of fused-ring (bicyclic) bond motifs is 1. The molecule has 2 aromatic heterocycles. The van der Waals surface area contributed by atoms with Gasteiger partial charge in [0.25, 0.3) is 0 Å². The van der Waals surface area contributed by atoms with Crippen molar-refractivity contribution in [2.45, 2.75) is 32.4 Å². The topological polar surface area (TPSA) is 57.0 Å². The number of para-hydroxylation sites is 1. The van der Waals surface area contributed by atoms with Crippen molar-refractivity contribution in [3.63, 3.8) is 0 Å². The van der Waals surface area contributed by atoms with Crippen molar-refractivity contribution in [1.29, 1.82) is 0 Å². The molecule has 0 fully saturated rings. The molecule has 4 nitrogen and oxygen atoms in total. The fraction of sp³-hybridized carbons (Fsp3) is 0.312. The molecule has 1 unspecified atom stereocenters. The van der Waals surface area contributed by atoms with E-state index in [1.165, 1.54) is 0 Å². The van der Waals surface area contributed by atoms with Crippen LogP contribution in [-0.2, 0) is 13.0 Å². The van der Waals surface area contributed by atoms with E-state index in [9.17, 15) is 0 Å². The third kappa shape index (κ3) is 2.47. The van der Waals surface area contributed by atoms with Crippen LogP contribution in [0.25, 0.3) is 11.0 Å². The monoisotopic (exact) mass is 269 g/mol. The van der Waals surface area contributed by atoms with E-state index >= 15 is 0 Å². The van der Waals surface area contributed by atoms with Crippen LogP contribution in [0, 0.1) is 0 Å². The fourth-order valence-corrected chi connectivity index (χ4v) is 2.46. The molecule has 1 aromatic carbocycles. The maximum atomic E-state index is 6.27. The van der Waals surface area contributed by atoms with Crippen LogP contribution in [0.1, 0.15) is 31.0 Å². The molecule has 1 atom stereocenters. The molecule has 2 N–H and O–H groups in total. The third-order valence-corrected chi connectivity index (χ3v) is 3.48. The first kappa shape index (κ1) is 12.9. The number of hydrogen-bond acceptors (Lipinski definition) is 3. The van der Waals surface area contributed by atoms with Crippen molar-refractivity contribution in [3.05, 3.63) is 54.3 Å². The van der Waals surface area contributed by atoms with Crippen molar-refractivity contribution in [2.75, 3.05) is 0 Å². The van der Waals surface area contributed by atoms with Gasteiger partial charge in [-0.05, 0) is 18.6 Å². The van der Waals surface area contributed by atoms with Gasteiger partial charge in [0.15, 0.2) is 0 Å². The summed E-state index contributed by atoms with van der Waals surface area (Å²) in [6, 6.07) is 9.82. The largest absolute Gasteiger partial charge is 0.459 e. The Bertz CT molecular complexity index is 665. The molecule has 3 aromatic rings. The minimum absolute atomic E-state index is 0.166. The van der Waals surface area contributed by atoms with Crippen LogP contribution < -0.4 is 5.73 Å². The predicted molar refractivity (Wildman–Crippen MR) is 79.4 cm³/mol. The molecule has 0 aliphatic heterocycles. The Morgan fingerprint density at radius 1 is 1.35 bits per heavy atom. The Balaban J connectivity index is 1.81. The first-order chi connectivity index (χ1) is 9.78. The van der Waals surface area contributed by atoms with Crippen molar-refractivity contribution in [3.8, 4) is 0 Å². The summed E-state index contributed by atoms with van der Waals surface area (Å²) in [6.07, 6.45) is 5.61. The molecule has 0 bridgehead atoms. The molecule has 2 heterocycles. The van der Waals surface area contributed by atoms with Gasteiger partial charge in [-0.3, -0.25) is 0 Å². The lowest BCUT2D eigenvalue weighted by molar-refractivity contribution is 0.481. The summed E-state index contributed by atoms with van der Waals surface area (Å²) >= 11 is 0. The number of furan rings is 1. The molecule has 0 saturated heterocycles. The van der Waals surface area contributed by atoms with E-state index in [2.05, 4.69) is 16.5 Å². The van der Waals surface area contributed by atoms with Crippen molar-refractivity contribution >= 4 is 11.0 Å². The minimum Gasteiger partial charge on any atom is -0.459 e. The molecule has 0 spiro atoms. The van der Waals surface area contributed by atoms with Crippen LogP contribution in [0.2, 0.25) is 0 Å². The number of aryl methyl sites for hydroxylation is 1. The van der Waals surface area contributed by atoms with Gasteiger partial charge in [-0.2, -0.15) is 0 Å². The summed E-state index contributed by atoms with van der Waals surface area (Å²) in [5, 5.41) is 1.09. The van der Waals surface area contributed by atoms with Crippen molar-refractivity contribution < 1.29 is 4.42 Å². The highest BCUT2D eigenvalue weighted by atomic mass is 16.3. The second-order valence-corrected chi connectivity index (χ2v) is 5.03. The lowest BCUT2D eigenvalue weighted by Gasteiger charge is -2.10. The molecular weight excluding hydrogens is 250 g/mol. The molecule has 0 saturated carbocycles. The molecule has 3 rings (SSSR count). The van der Waals surface area contributed by atoms with Crippen LogP contribution in [0.4, 0.5) is 0 Å². The number of rotatable bonds is 5. The van der Waals surface area contributed by atoms with Gasteiger partial charge in [-0.25, -0.2) is 4.98 Å². The summed E-state index contributed by atoms with van der Waals surface area (Å²) in [4.78, 5) is 4.40. The molecule has 0 radical (unpaired) electrons. The van der Waals surface area contributed by atoms with E-state index < -0.39 is 0 Å². The Labute approximate surface area is 118 Å². The van der Waals surface area contributed by atoms with Gasteiger partial charge in [0.1, 0.15) is 17.2 Å². The number of nitrogens with zero attached hydrogens (tertiary/aromatic N) is 2. The summed E-state index contributed by atoms with van der Waals surface area (Å²) in [5.41, 5.74) is 7.15. The molecule has 0 aliphatic rings. The van der Waals surface area contributed by atoms with E-state index in [1.807, 2.05) is 42.7 Å². The molecule has 4 heteroatoms. The number of benzene rings is 1. The van der Waals surface area contributed by atoms with Gasteiger partial charge in [0.05, 0.1) is 6.04 Å². The number of aromatic nitrogens is 2. The van der Waals surface area contributed by atoms with Gasteiger partial charge in [0.2, 0.25) is 0 Å². The molecule has 0 aliphatic carbocycles. The Morgan fingerprint density at radius 2 is 2.20 bits per heavy atom. The van der Waals surface area contributed by atoms with Crippen LogP contribution >= 0.6 is 0 Å². The quantitative estimate of drug-likeness (QED) is 0.773. The van der Waals surface area contributed by atoms with Gasteiger partial charge < -0.3 is 14.7 Å². The highest BCUT2D eigenvalue weighted by Gasteiger charge is 2.15. The van der Waals surface area contributed by atoms with Gasteiger partial charge in [0, 0.05) is 30.7 Å². The van der Waals surface area contributed by atoms with Crippen LogP contribution in [0.5, 0.6) is 0 Å². The predicted octanol–water partition coefficient (Wildman–Crippen LogP) is 3.28. The first-order valence-electron chi connectivity index (χ1n) is 7.02. The second-order valence-electron chi connectivity index (χ2n) is 5.03. The van der Waals surface area contributed by atoms with E-state index in [4.69, 9.17) is 10.2 Å². The van der Waals surface area contributed by atoms with Crippen LogP contribution in [0.15, 0.2) is 47.1 Å². The van der Waals surface area contributed by atoms with E-state index in [-0.39, 0.29) is 6.04 Å². The second kappa shape index (κ2) is 5.51. The Hall–Kier alpha value is -2.07.